The van der Waals surface area contributed by atoms with E-state index in [-0.39, 0.29) is 5.91 Å². The van der Waals surface area contributed by atoms with Crippen molar-refractivity contribution < 1.29 is 14.3 Å². The average Bonchev–Trinajstić information content (AvgIpc) is 2.75. The Balaban J connectivity index is 1.64. The molecule has 0 fully saturated rings. The lowest BCUT2D eigenvalue weighted by atomic mass is 10.2. The minimum absolute atomic E-state index is 0.0829. The van der Waals surface area contributed by atoms with Gasteiger partial charge in [-0.3, -0.25) is 4.79 Å². The van der Waals surface area contributed by atoms with E-state index in [1.54, 1.807) is 38.5 Å². The van der Waals surface area contributed by atoms with Gasteiger partial charge in [-0.2, -0.15) is 4.98 Å². The van der Waals surface area contributed by atoms with Crippen LogP contribution in [0.4, 0.5) is 11.8 Å². The highest BCUT2D eigenvalue weighted by Gasteiger charge is 2.13. The highest BCUT2D eigenvalue weighted by Crippen LogP contribution is 2.33. The first-order valence-electron chi connectivity index (χ1n) is 9.27. The van der Waals surface area contributed by atoms with Crippen molar-refractivity contribution in [2.75, 3.05) is 45.0 Å². The maximum atomic E-state index is 12.1. The molecule has 0 unspecified atom stereocenters. The summed E-state index contributed by atoms with van der Waals surface area (Å²) in [6, 6.07) is 12.7. The fourth-order valence-corrected chi connectivity index (χ4v) is 2.95. The van der Waals surface area contributed by atoms with Crippen molar-refractivity contribution in [3.8, 4) is 11.5 Å². The number of nitrogens with one attached hydrogen (secondary N) is 1. The molecule has 3 aromatic rings. The molecule has 1 amide bonds. The Morgan fingerprint density at radius 1 is 1.10 bits per heavy atom. The van der Waals surface area contributed by atoms with Crippen LogP contribution in [0.1, 0.15) is 16.8 Å². The molecular formula is C21H25N5O3. The van der Waals surface area contributed by atoms with Crippen molar-refractivity contribution in [2.45, 2.75) is 6.42 Å². The quantitative estimate of drug-likeness (QED) is 0.565. The predicted octanol–water partition coefficient (Wildman–Crippen LogP) is 2.49. The average molecular weight is 395 g/mol. The number of ether oxygens (including phenoxy) is 2. The van der Waals surface area contributed by atoms with Crippen molar-refractivity contribution in [1.29, 1.82) is 0 Å². The lowest BCUT2D eigenvalue weighted by Crippen LogP contribution is -2.28. The molecule has 0 saturated heterocycles. The number of fused-ring (bicyclic) bond motifs is 1. The number of anilines is 2. The highest BCUT2D eigenvalue weighted by atomic mass is 16.5. The third-order valence-electron chi connectivity index (χ3n) is 4.55. The topological polar surface area (TPSA) is 103 Å². The molecule has 8 nitrogen and oxygen atoms in total. The summed E-state index contributed by atoms with van der Waals surface area (Å²) in [5.41, 5.74) is 7.46. The predicted molar refractivity (Wildman–Crippen MR) is 114 cm³/mol. The Morgan fingerprint density at radius 2 is 1.79 bits per heavy atom. The summed E-state index contributed by atoms with van der Waals surface area (Å²) >= 11 is 0. The van der Waals surface area contributed by atoms with Crippen LogP contribution in [0.3, 0.4) is 0 Å². The second-order valence-electron chi connectivity index (χ2n) is 6.53. The van der Waals surface area contributed by atoms with Gasteiger partial charge < -0.3 is 25.4 Å². The molecule has 8 heteroatoms. The van der Waals surface area contributed by atoms with E-state index in [0.717, 1.165) is 6.42 Å². The van der Waals surface area contributed by atoms with E-state index in [2.05, 4.69) is 15.3 Å². The Bertz CT molecular complexity index is 995. The summed E-state index contributed by atoms with van der Waals surface area (Å²) < 4.78 is 10.7. The number of amides is 1. The molecule has 1 heterocycles. The van der Waals surface area contributed by atoms with Crippen LogP contribution in [0.2, 0.25) is 0 Å². The summed E-state index contributed by atoms with van der Waals surface area (Å²) in [7, 11) is 5.03. The Labute approximate surface area is 169 Å². The molecule has 29 heavy (non-hydrogen) atoms. The number of hydrogen-bond acceptors (Lipinski definition) is 7. The van der Waals surface area contributed by atoms with Crippen LogP contribution in [-0.2, 0) is 0 Å². The molecule has 0 bridgehead atoms. The molecule has 0 radical (unpaired) electrons. The van der Waals surface area contributed by atoms with E-state index in [4.69, 9.17) is 15.2 Å². The van der Waals surface area contributed by atoms with Gasteiger partial charge >= 0.3 is 0 Å². The van der Waals surface area contributed by atoms with Crippen molar-refractivity contribution in [3.63, 3.8) is 0 Å². The van der Waals surface area contributed by atoms with E-state index in [1.807, 2.05) is 30.1 Å². The number of carbonyl (C=O) groups is 1. The maximum Gasteiger partial charge on any atom is 0.251 e. The van der Waals surface area contributed by atoms with Gasteiger partial charge in [-0.1, -0.05) is 18.2 Å². The van der Waals surface area contributed by atoms with Crippen LogP contribution in [0.25, 0.3) is 10.9 Å². The zero-order chi connectivity index (χ0) is 20.8. The SMILES string of the molecule is COc1cc2nc(N(C)CCCNC(=O)c3ccccc3)nc(N)c2cc1OC. The molecule has 152 valence electrons. The molecule has 3 N–H and O–H groups in total. The minimum atomic E-state index is -0.0829. The number of aromatic nitrogens is 2. The number of nitrogen functional groups attached to an aromatic ring is 1. The molecule has 0 atom stereocenters. The van der Waals surface area contributed by atoms with Gasteiger partial charge in [0.15, 0.2) is 11.5 Å². The summed E-state index contributed by atoms with van der Waals surface area (Å²) in [4.78, 5) is 23.0. The number of benzene rings is 2. The Morgan fingerprint density at radius 3 is 2.48 bits per heavy atom. The largest absolute Gasteiger partial charge is 0.493 e. The van der Waals surface area contributed by atoms with Gasteiger partial charge in [-0.25, -0.2) is 4.98 Å². The summed E-state index contributed by atoms with van der Waals surface area (Å²) in [5, 5.41) is 3.62. The maximum absolute atomic E-state index is 12.1. The van der Waals surface area contributed by atoms with Crippen LogP contribution >= 0.6 is 0 Å². The van der Waals surface area contributed by atoms with E-state index in [9.17, 15) is 4.79 Å². The van der Waals surface area contributed by atoms with E-state index in [1.165, 1.54) is 0 Å². The van der Waals surface area contributed by atoms with Gasteiger partial charge in [0.05, 0.1) is 19.7 Å². The van der Waals surface area contributed by atoms with Crippen LogP contribution in [0.15, 0.2) is 42.5 Å². The lowest BCUT2D eigenvalue weighted by molar-refractivity contribution is 0.0953. The zero-order valence-corrected chi connectivity index (χ0v) is 16.8. The van der Waals surface area contributed by atoms with Crippen molar-refractivity contribution in [1.82, 2.24) is 15.3 Å². The van der Waals surface area contributed by atoms with Crippen LogP contribution in [0, 0.1) is 0 Å². The summed E-state index contributed by atoms with van der Waals surface area (Å²) in [6.07, 6.45) is 0.738. The normalized spacial score (nSPS) is 10.6. The molecule has 0 aliphatic rings. The number of rotatable bonds is 8. The van der Waals surface area contributed by atoms with Crippen LogP contribution in [-0.4, -0.2) is 50.2 Å². The first-order chi connectivity index (χ1) is 14.0. The molecular weight excluding hydrogens is 370 g/mol. The standard InChI is InChI=1S/C21H25N5O3/c1-26(11-7-10-23-20(27)14-8-5-4-6-9-14)21-24-16-13-18(29-3)17(28-2)12-15(16)19(22)25-21/h4-6,8-9,12-13H,7,10-11H2,1-3H3,(H,23,27)(H2,22,24,25). The van der Waals surface area contributed by atoms with Crippen molar-refractivity contribution >= 4 is 28.6 Å². The highest BCUT2D eigenvalue weighted by molar-refractivity contribution is 5.94. The van der Waals surface area contributed by atoms with Crippen LogP contribution in [0.5, 0.6) is 11.5 Å². The number of nitrogens with zero attached hydrogens (tertiary/aromatic N) is 3. The van der Waals surface area contributed by atoms with Crippen molar-refractivity contribution in [2.24, 2.45) is 0 Å². The fraction of sp³-hybridized carbons (Fsp3) is 0.286. The van der Waals surface area contributed by atoms with Gasteiger partial charge in [0.2, 0.25) is 5.95 Å². The van der Waals surface area contributed by atoms with Gasteiger partial charge in [-0.05, 0) is 24.6 Å². The van der Waals surface area contributed by atoms with Crippen molar-refractivity contribution in [3.05, 3.63) is 48.0 Å². The van der Waals surface area contributed by atoms with E-state index < -0.39 is 0 Å². The first-order valence-corrected chi connectivity index (χ1v) is 9.27. The number of nitrogens with two attached hydrogens (primary N) is 1. The van der Waals surface area contributed by atoms with Gasteiger partial charge in [0.25, 0.3) is 5.91 Å². The fourth-order valence-electron chi connectivity index (χ4n) is 2.95. The van der Waals surface area contributed by atoms with E-state index >= 15 is 0 Å². The molecule has 3 rings (SSSR count). The lowest BCUT2D eigenvalue weighted by Gasteiger charge is -2.18. The molecule has 0 aliphatic carbocycles. The Hall–Kier alpha value is -3.55. The first kappa shape index (κ1) is 20.2. The summed E-state index contributed by atoms with van der Waals surface area (Å²) in [5.74, 6) is 1.95. The number of hydrogen-bond donors (Lipinski definition) is 2. The third-order valence-corrected chi connectivity index (χ3v) is 4.55. The Kier molecular flexibility index (Phi) is 6.33. The number of methoxy groups -OCH3 is 2. The summed E-state index contributed by atoms with van der Waals surface area (Å²) in [6.45, 7) is 1.21. The second kappa shape index (κ2) is 9.09. The minimum Gasteiger partial charge on any atom is -0.493 e. The van der Waals surface area contributed by atoms with Gasteiger partial charge in [-0.15, -0.1) is 0 Å². The third kappa shape index (κ3) is 4.66. The molecule has 2 aromatic carbocycles. The van der Waals surface area contributed by atoms with Crippen LogP contribution < -0.4 is 25.4 Å². The zero-order valence-electron chi connectivity index (χ0n) is 16.8. The monoisotopic (exact) mass is 395 g/mol. The molecule has 0 saturated carbocycles. The second-order valence-corrected chi connectivity index (χ2v) is 6.53. The van der Waals surface area contributed by atoms with Gasteiger partial charge in [0, 0.05) is 37.2 Å². The smallest absolute Gasteiger partial charge is 0.251 e. The van der Waals surface area contributed by atoms with E-state index in [0.29, 0.717) is 52.8 Å². The molecule has 1 aromatic heterocycles. The van der Waals surface area contributed by atoms with Gasteiger partial charge in [0.1, 0.15) is 5.82 Å². The molecule has 0 spiro atoms. The number of carbonyl (C=O) groups excluding carboxylic acids is 1. The molecule has 0 aliphatic heterocycles.